The van der Waals surface area contributed by atoms with Gasteiger partial charge in [-0.15, -0.1) is 0 Å². The molecular weight excluding hydrogens is 312 g/mol. The fourth-order valence-electron chi connectivity index (χ4n) is 1.85. The van der Waals surface area contributed by atoms with Gasteiger partial charge in [-0.05, 0) is 62.7 Å². The van der Waals surface area contributed by atoms with Gasteiger partial charge in [0.1, 0.15) is 11.4 Å². The summed E-state index contributed by atoms with van der Waals surface area (Å²) in [4.78, 5) is 11.9. The van der Waals surface area contributed by atoms with E-state index < -0.39 is 0 Å². The molecule has 0 unspecified atom stereocenters. The highest BCUT2D eigenvalue weighted by Gasteiger charge is 2.11. The Balaban J connectivity index is 1.96. The van der Waals surface area contributed by atoms with Gasteiger partial charge in [-0.25, -0.2) is 5.43 Å². The molecule has 0 aliphatic heterocycles. The van der Waals surface area contributed by atoms with Crippen LogP contribution in [0.5, 0.6) is 5.75 Å². The molecule has 0 saturated heterocycles. The zero-order valence-corrected chi connectivity index (χ0v) is 14.1. The van der Waals surface area contributed by atoms with E-state index in [1.54, 1.807) is 30.5 Å². The molecule has 0 atom stereocenters. The van der Waals surface area contributed by atoms with Crippen molar-refractivity contribution in [1.29, 1.82) is 0 Å². The summed E-state index contributed by atoms with van der Waals surface area (Å²) < 4.78 is 5.74. The Hall–Kier alpha value is -2.33. The molecule has 0 bridgehead atoms. The second-order valence-corrected chi connectivity index (χ2v) is 6.37. The molecule has 0 aromatic heterocycles. The van der Waals surface area contributed by atoms with Gasteiger partial charge in [-0.1, -0.05) is 23.7 Å². The first-order valence-corrected chi connectivity index (χ1v) is 7.60. The predicted octanol–water partition coefficient (Wildman–Crippen LogP) is 4.28. The van der Waals surface area contributed by atoms with Gasteiger partial charge in [0.15, 0.2) is 0 Å². The summed E-state index contributed by atoms with van der Waals surface area (Å²) in [6.45, 7) is 5.98. The van der Waals surface area contributed by atoms with Crippen molar-refractivity contribution in [3.05, 3.63) is 64.7 Å². The average Bonchev–Trinajstić information content (AvgIpc) is 2.48. The smallest absolute Gasteiger partial charge is 0.272 e. The van der Waals surface area contributed by atoms with E-state index in [-0.39, 0.29) is 11.5 Å². The SMILES string of the molecule is CC(C)(C)Oc1ccc(/C=N\NC(=O)c2ccccc2Cl)cc1. The normalized spacial score (nSPS) is 11.5. The number of nitrogens with zero attached hydrogens (tertiary/aromatic N) is 1. The van der Waals surface area contributed by atoms with Crippen LogP contribution in [0.4, 0.5) is 0 Å². The molecule has 1 N–H and O–H groups in total. The van der Waals surface area contributed by atoms with Gasteiger partial charge in [0.2, 0.25) is 0 Å². The minimum absolute atomic E-state index is 0.238. The van der Waals surface area contributed by atoms with E-state index in [9.17, 15) is 4.79 Å². The van der Waals surface area contributed by atoms with Crippen LogP contribution >= 0.6 is 11.6 Å². The molecule has 2 rings (SSSR count). The molecule has 0 aliphatic rings. The number of ether oxygens (including phenoxy) is 1. The van der Waals surface area contributed by atoms with E-state index in [1.807, 2.05) is 45.0 Å². The molecule has 23 heavy (non-hydrogen) atoms. The monoisotopic (exact) mass is 330 g/mol. The van der Waals surface area contributed by atoms with Crippen molar-refractivity contribution in [1.82, 2.24) is 5.43 Å². The first-order valence-electron chi connectivity index (χ1n) is 7.22. The Bertz CT molecular complexity index is 704. The van der Waals surface area contributed by atoms with E-state index in [4.69, 9.17) is 16.3 Å². The second-order valence-electron chi connectivity index (χ2n) is 5.96. The molecule has 120 valence electrons. The van der Waals surface area contributed by atoms with Crippen LogP contribution in [-0.2, 0) is 0 Å². The highest BCUT2D eigenvalue weighted by atomic mass is 35.5. The Morgan fingerprint density at radius 3 is 2.39 bits per heavy atom. The van der Waals surface area contributed by atoms with Crippen LogP contribution in [-0.4, -0.2) is 17.7 Å². The summed E-state index contributed by atoms with van der Waals surface area (Å²) in [7, 11) is 0. The first-order chi connectivity index (χ1) is 10.8. The fourth-order valence-corrected chi connectivity index (χ4v) is 2.07. The van der Waals surface area contributed by atoms with E-state index in [1.165, 1.54) is 0 Å². The van der Waals surface area contributed by atoms with E-state index in [2.05, 4.69) is 10.5 Å². The molecule has 0 fully saturated rings. The number of rotatable bonds is 4. The van der Waals surface area contributed by atoms with E-state index in [0.717, 1.165) is 11.3 Å². The third kappa shape index (κ3) is 5.42. The number of benzene rings is 2. The van der Waals surface area contributed by atoms with Crippen molar-refractivity contribution in [2.45, 2.75) is 26.4 Å². The maximum atomic E-state index is 11.9. The Labute approximate surface area is 141 Å². The Morgan fingerprint density at radius 2 is 1.78 bits per heavy atom. The lowest BCUT2D eigenvalue weighted by atomic mass is 10.2. The maximum Gasteiger partial charge on any atom is 0.272 e. The minimum Gasteiger partial charge on any atom is -0.488 e. The molecule has 0 saturated carbocycles. The number of carbonyl (C=O) groups excluding carboxylic acids is 1. The van der Waals surface area contributed by atoms with Gasteiger partial charge in [0.25, 0.3) is 5.91 Å². The van der Waals surface area contributed by atoms with Gasteiger partial charge in [0, 0.05) is 0 Å². The third-order valence-corrected chi connectivity index (χ3v) is 3.13. The number of carbonyl (C=O) groups is 1. The lowest BCUT2D eigenvalue weighted by Crippen LogP contribution is -2.22. The highest BCUT2D eigenvalue weighted by Crippen LogP contribution is 2.18. The van der Waals surface area contributed by atoms with Crippen molar-refractivity contribution in [3.63, 3.8) is 0 Å². The van der Waals surface area contributed by atoms with Crippen LogP contribution in [0, 0.1) is 0 Å². The summed E-state index contributed by atoms with van der Waals surface area (Å²) in [5.41, 5.74) is 3.46. The molecule has 1 amide bonds. The quantitative estimate of drug-likeness (QED) is 0.672. The molecule has 0 radical (unpaired) electrons. The summed E-state index contributed by atoms with van der Waals surface area (Å²) >= 11 is 5.96. The summed E-state index contributed by atoms with van der Waals surface area (Å²) in [5.74, 6) is 0.439. The maximum absolute atomic E-state index is 11.9. The number of hydrazone groups is 1. The third-order valence-electron chi connectivity index (χ3n) is 2.80. The fraction of sp³-hybridized carbons (Fsp3) is 0.222. The molecule has 0 aliphatic carbocycles. The molecule has 5 heteroatoms. The van der Waals surface area contributed by atoms with E-state index >= 15 is 0 Å². The summed E-state index contributed by atoms with van der Waals surface area (Å²) in [6, 6.07) is 14.3. The van der Waals surface area contributed by atoms with Crippen molar-refractivity contribution in [2.75, 3.05) is 0 Å². The molecule has 0 spiro atoms. The van der Waals surface area contributed by atoms with Crippen molar-refractivity contribution in [3.8, 4) is 5.75 Å². The van der Waals surface area contributed by atoms with Gasteiger partial charge < -0.3 is 4.74 Å². The van der Waals surface area contributed by atoms with Gasteiger partial charge >= 0.3 is 0 Å². The molecule has 2 aromatic carbocycles. The largest absolute Gasteiger partial charge is 0.488 e. The Morgan fingerprint density at radius 1 is 1.13 bits per heavy atom. The van der Waals surface area contributed by atoms with Crippen LogP contribution in [0.2, 0.25) is 5.02 Å². The summed E-state index contributed by atoms with van der Waals surface area (Å²) in [6.07, 6.45) is 1.57. The molecule has 4 nitrogen and oxygen atoms in total. The lowest BCUT2D eigenvalue weighted by Gasteiger charge is -2.21. The molecule has 0 heterocycles. The lowest BCUT2D eigenvalue weighted by molar-refractivity contribution is 0.0955. The van der Waals surface area contributed by atoms with Gasteiger partial charge in [-0.2, -0.15) is 5.10 Å². The standard InChI is InChI=1S/C18H19ClN2O2/c1-18(2,3)23-14-10-8-13(9-11-14)12-20-21-17(22)15-6-4-5-7-16(15)19/h4-12H,1-3H3,(H,21,22)/b20-12-. The molecular formula is C18H19ClN2O2. The van der Waals surface area contributed by atoms with Crippen LogP contribution in [0.25, 0.3) is 0 Å². The topological polar surface area (TPSA) is 50.7 Å². The van der Waals surface area contributed by atoms with Crippen molar-refractivity contribution in [2.24, 2.45) is 5.10 Å². The highest BCUT2D eigenvalue weighted by molar-refractivity contribution is 6.33. The number of nitrogens with one attached hydrogen (secondary N) is 1. The van der Waals surface area contributed by atoms with Crippen molar-refractivity contribution >= 4 is 23.7 Å². The average molecular weight is 331 g/mol. The number of halogens is 1. The minimum atomic E-state index is -0.348. The van der Waals surface area contributed by atoms with Gasteiger partial charge in [0.05, 0.1) is 16.8 Å². The van der Waals surface area contributed by atoms with Gasteiger partial charge in [-0.3, -0.25) is 4.79 Å². The van der Waals surface area contributed by atoms with E-state index in [0.29, 0.717) is 10.6 Å². The van der Waals surface area contributed by atoms with Crippen LogP contribution in [0.3, 0.4) is 0 Å². The predicted molar refractivity (Wildman–Crippen MR) is 93.3 cm³/mol. The van der Waals surface area contributed by atoms with Crippen LogP contribution in [0.1, 0.15) is 36.7 Å². The number of amides is 1. The van der Waals surface area contributed by atoms with Crippen LogP contribution < -0.4 is 10.2 Å². The second kappa shape index (κ2) is 7.29. The first kappa shape index (κ1) is 17.0. The molecule has 2 aromatic rings. The van der Waals surface area contributed by atoms with Crippen LogP contribution in [0.15, 0.2) is 53.6 Å². The van der Waals surface area contributed by atoms with Crippen molar-refractivity contribution < 1.29 is 9.53 Å². The summed E-state index contributed by atoms with van der Waals surface area (Å²) in [5, 5.41) is 4.33. The zero-order valence-electron chi connectivity index (χ0n) is 13.3. The Kier molecular flexibility index (Phi) is 5.40. The number of hydrogen-bond acceptors (Lipinski definition) is 3. The number of hydrogen-bond donors (Lipinski definition) is 1. The zero-order chi connectivity index (χ0) is 16.9.